The lowest BCUT2D eigenvalue weighted by Gasteiger charge is -2.39. The van der Waals surface area contributed by atoms with E-state index in [1.165, 1.54) is 25.7 Å². The zero-order chi connectivity index (χ0) is 19.4. The lowest BCUT2D eigenvalue weighted by molar-refractivity contribution is 0.0199. The molecule has 1 N–H and O–H groups in total. The first-order chi connectivity index (χ1) is 12.8. The quantitative estimate of drug-likeness (QED) is 0.800. The van der Waals surface area contributed by atoms with Crippen molar-refractivity contribution in [2.75, 3.05) is 39.3 Å². The molecule has 1 aliphatic carbocycles. The van der Waals surface area contributed by atoms with Crippen LogP contribution < -0.4 is 5.32 Å². The minimum atomic E-state index is -0.469. The summed E-state index contributed by atoms with van der Waals surface area (Å²) in [6.45, 7) is 10.5. The second kappa shape index (κ2) is 8.67. The Morgan fingerprint density at radius 3 is 2.00 bits per heavy atom. The number of urea groups is 1. The van der Waals surface area contributed by atoms with Gasteiger partial charge in [0.2, 0.25) is 0 Å². The van der Waals surface area contributed by atoms with Crippen molar-refractivity contribution in [2.24, 2.45) is 0 Å². The van der Waals surface area contributed by atoms with Crippen LogP contribution >= 0.6 is 0 Å². The van der Waals surface area contributed by atoms with Gasteiger partial charge in [0.15, 0.2) is 0 Å². The number of carbonyl (C=O) groups is 2. The first kappa shape index (κ1) is 20.2. The Hall–Kier alpha value is -1.50. The molecule has 0 unspecified atom stereocenters. The van der Waals surface area contributed by atoms with Gasteiger partial charge in [-0.25, -0.2) is 9.59 Å². The maximum absolute atomic E-state index is 12.6. The average molecular weight is 381 g/mol. The zero-order valence-electron chi connectivity index (χ0n) is 17.2. The smallest absolute Gasteiger partial charge is 0.410 e. The summed E-state index contributed by atoms with van der Waals surface area (Å²) in [6.07, 6.45) is 6.67. The Labute approximate surface area is 163 Å². The van der Waals surface area contributed by atoms with Crippen LogP contribution in [0.15, 0.2) is 0 Å². The Bertz CT molecular complexity index is 512. The number of rotatable bonds is 2. The third-order valence-corrected chi connectivity index (χ3v) is 5.92. The van der Waals surface area contributed by atoms with Crippen LogP contribution in [0, 0.1) is 0 Å². The topological polar surface area (TPSA) is 65.1 Å². The van der Waals surface area contributed by atoms with Crippen LogP contribution in [0.1, 0.15) is 59.3 Å². The largest absolute Gasteiger partial charge is 0.444 e. The third kappa shape index (κ3) is 5.74. The Kier molecular flexibility index (Phi) is 6.50. The molecular formula is C20H36N4O3. The fourth-order valence-electron chi connectivity index (χ4n) is 4.36. The number of hydrogen-bond donors (Lipinski definition) is 1. The minimum absolute atomic E-state index is 0.0526. The molecule has 2 saturated heterocycles. The molecule has 7 nitrogen and oxygen atoms in total. The summed E-state index contributed by atoms with van der Waals surface area (Å²) in [6, 6.07) is 0.938. The van der Waals surface area contributed by atoms with E-state index in [0.717, 1.165) is 45.1 Å². The van der Waals surface area contributed by atoms with Crippen LogP contribution in [0.3, 0.4) is 0 Å². The van der Waals surface area contributed by atoms with Crippen LogP contribution in [-0.2, 0) is 4.74 Å². The molecule has 0 aromatic heterocycles. The minimum Gasteiger partial charge on any atom is -0.444 e. The highest BCUT2D eigenvalue weighted by atomic mass is 16.6. The van der Waals surface area contributed by atoms with E-state index in [4.69, 9.17) is 4.74 Å². The van der Waals surface area contributed by atoms with Gasteiger partial charge in [-0.1, -0.05) is 12.8 Å². The summed E-state index contributed by atoms with van der Waals surface area (Å²) in [5.74, 6) is 0. The standard InChI is InChI=1S/C20H36N4O3/c1-20(2,3)27-19(26)24-10-8-16(9-11-24)21-18(25)23-14-12-22(13-15-23)17-6-4-5-7-17/h16-17H,4-15H2,1-3H3,(H,21,25). The summed E-state index contributed by atoms with van der Waals surface area (Å²) < 4.78 is 5.43. The van der Waals surface area contributed by atoms with E-state index in [0.29, 0.717) is 13.1 Å². The van der Waals surface area contributed by atoms with Gasteiger partial charge in [-0.3, -0.25) is 4.90 Å². The number of ether oxygens (including phenoxy) is 1. The maximum Gasteiger partial charge on any atom is 0.410 e. The fraction of sp³-hybridized carbons (Fsp3) is 0.900. The highest BCUT2D eigenvalue weighted by molar-refractivity contribution is 5.74. The van der Waals surface area contributed by atoms with Crippen LogP contribution in [-0.4, -0.2) is 83.8 Å². The maximum atomic E-state index is 12.6. The van der Waals surface area contributed by atoms with E-state index >= 15 is 0 Å². The van der Waals surface area contributed by atoms with Gasteiger partial charge in [0.1, 0.15) is 5.60 Å². The van der Waals surface area contributed by atoms with Crippen molar-refractivity contribution >= 4 is 12.1 Å². The van der Waals surface area contributed by atoms with Gasteiger partial charge in [-0.15, -0.1) is 0 Å². The Morgan fingerprint density at radius 2 is 1.44 bits per heavy atom. The molecule has 0 spiro atoms. The van der Waals surface area contributed by atoms with Crippen molar-refractivity contribution < 1.29 is 14.3 Å². The molecule has 3 amide bonds. The molecule has 0 bridgehead atoms. The SMILES string of the molecule is CC(C)(C)OC(=O)N1CCC(NC(=O)N2CCN(C3CCCC3)CC2)CC1. The van der Waals surface area contributed by atoms with E-state index < -0.39 is 5.60 Å². The molecule has 1 saturated carbocycles. The van der Waals surface area contributed by atoms with Crippen molar-refractivity contribution in [3.8, 4) is 0 Å². The second-order valence-electron chi connectivity index (χ2n) is 9.15. The highest BCUT2D eigenvalue weighted by Gasteiger charge is 2.30. The van der Waals surface area contributed by atoms with Crippen molar-refractivity contribution in [3.63, 3.8) is 0 Å². The number of likely N-dealkylation sites (tertiary alicyclic amines) is 1. The number of piperidine rings is 1. The molecule has 0 aromatic carbocycles. The van der Waals surface area contributed by atoms with Crippen LogP contribution in [0.5, 0.6) is 0 Å². The lowest BCUT2D eigenvalue weighted by Crippen LogP contribution is -2.56. The van der Waals surface area contributed by atoms with Crippen molar-refractivity contribution in [1.82, 2.24) is 20.0 Å². The Morgan fingerprint density at radius 1 is 0.852 bits per heavy atom. The molecular weight excluding hydrogens is 344 g/mol. The van der Waals surface area contributed by atoms with Crippen molar-refractivity contribution in [2.45, 2.75) is 77.0 Å². The van der Waals surface area contributed by atoms with Crippen LogP contribution in [0.25, 0.3) is 0 Å². The monoisotopic (exact) mass is 380 g/mol. The van der Waals surface area contributed by atoms with E-state index in [-0.39, 0.29) is 18.2 Å². The second-order valence-corrected chi connectivity index (χ2v) is 9.15. The summed E-state index contributed by atoms with van der Waals surface area (Å²) in [5.41, 5.74) is -0.469. The van der Waals surface area contributed by atoms with Gasteiger partial charge in [0.25, 0.3) is 0 Å². The molecule has 0 aromatic rings. The van der Waals surface area contributed by atoms with E-state index in [1.54, 1.807) is 4.90 Å². The predicted molar refractivity (Wildman–Crippen MR) is 105 cm³/mol. The number of amides is 3. The first-order valence-electron chi connectivity index (χ1n) is 10.6. The number of piperazine rings is 1. The lowest BCUT2D eigenvalue weighted by atomic mass is 10.1. The number of nitrogens with zero attached hydrogens (tertiary/aromatic N) is 3. The van der Waals surface area contributed by atoms with Crippen molar-refractivity contribution in [3.05, 3.63) is 0 Å². The predicted octanol–water partition coefficient (Wildman–Crippen LogP) is 2.66. The van der Waals surface area contributed by atoms with Gasteiger partial charge < -0.3 is 19.9 Å². The molecule has 3 rings (SSSR count). The van der Waals surface area contributed by atoms with Gasteiger partial charge in [0, 0.05) is 51.4 Å². The van der Waals surface area contributed by atoms with Gasteiger partial charge in [0.05, 0.1) is 0 Å². The Balaban J connectivity index is 1.36. The molecule has 3 aliphatic rings. The summed E-state index contributed by atoms with van der Waals surface area (Å²) in [5, 5.41) is 3.17. The molecule has 0 atom stereocenters. The highest BCUT2D eigenvalue weighted by Crippen LogP contribution is 2.24. The molecule has 2 heterocycles. The summed E-state index contributed by atoms with van der Waals surface area (Å²) in [7, 11) is 0. The zero-order valence-corrected chi connectivity index (χ0v) is 17.2. The molecule has 27 heavy (non-hydrogen) atoms. The summed E-state index contributed by atoms with van der Waals surface area (Å²) in [4.78, 5) is 31.0. The van der Waals surface area contributed by atoms with Crippen molar-refractivity contribution in [1.29, 1.82) is 0 Å². The van der Waals surface area contributed by atoms with E-state index in [1.807, 2.05) is 25.7 Å². The number of nitrogens with one attached hydrogen (secondary N) is 1. The normalized spacial score (nSPS) is 23.5. The molecule has 0 radical (unpaired) electrons. The van der Waals surface area contributed by atoms with Gasteiger partial charge >= 0.3 is 12.1 Å². The number of hydrogen-bond acceptors (Lipinski definition) is 4. The molecule has 3 fully saturated rings. The van der Waals surface area contributed by atoms with Gasteiger partial charge in [-0.2, -0.15) is 0 Å². The number of carbonyl (C=O) groups excluding carboxylic acids is 2. The van der Waals surface area contributed by atoms with Gasteiger partial charge in [-0.05, 0) is 46.5 Å². The van der Waals surface area contributed by atoms with E-state index in [2.05, 4.69) is 10.2 Å². The van der Waals surface area contributed by atoms with Crippen LogP contribution in [0.4, 0.5) is 9.59 Å². The first-order valence-corrected chi connectivity index (χ1v) is 10.6. The van der Waals surface area contributed by atoms with Crippen LogP contribution in [0.2, 0.25) is 0 Å². The third-order valence-electron chi connectivity index (χ3n) is 5.92. The average Bonchev–Trinajstić information content (AvgIpc) is 3.15. The molecule has 2 aliphatic heterocycles. The molecule has 7 heteroatoms. The summed E-state index contributed by atoms with van der Waals surface area (Å²) >= 11 is 0. The van der Waals surface area contributed by atoms with E-state index in [9.17, 15) is 9.59 Å². The molecule has 154 valence electrons. The fourth-order valence-corrected chi connectivity index (χ4v) is 4.36.